The molecule has 98 valence electrons. The number of nitrogens with two attached hydrogens (primary N) is 2. The van der Waals surface area contributed by atoms with E-state index in [9.17, 15) is 14.7 Å². The van der Waals surface area contributed by atoms with Crippen LogP contribution in [0.3, 0.4) is 0 Å². The van der Waals surface area contributed by atoms with Gasteiger partial charge in [-0.1, -0.05) is 6.07 Å². The Kier molecular flexibility index (Phi) is 4.05. The van der Waals surface area contributed by atoms with E-state index in [1.54, 1.807) is 13.8 Å². The zero-order valence-corrected chi connectivity index (χ0v) is 10.2. The fourth-order valence-electron chi connectivity index (χ4n) is 1.93. The largest absolute Gasteiger partial charge is 0.478 e. The maximum Gasteiger partial charge on any atom is 0.336 e. The number of carbonyl (C=O) groups is 2. The van der Waals surface area contributed by atoms with Crippen LogP contribution in [0, 0.1) is 0 Å². The Morgan fingerprint density at radius 2 is 1.61 bits per heavy atom. The van der Waals surface area contributed by atoms with Gasteiger partial charge in [0.25, 0.3) is 0 Å². The topological polar surface area (TPSA) is 127 Å². The number of carboxylic acid groups (broad SMARTS) is 2. The first-order chi connectivity index (χ1) is 8.27. The molecule has 0 radical (unpaired) electrons. The first-order valence-corrected chi connectivity index (χ1v) is 5.41. The molecule has 0 amide bonds. The molecule has 0 heterocycles. The predicted octanol–water partition coefficient (Wildman–Crippen LogP) is 1.12. The predicted molar refractivity (Wildman–Crippen MR) is 65.6 cm³/mol. The number of benzene rings is 1. The highest BCUT2D eigenvalue weighted by Crippen LogP contribution is 2.28. The molecule has 2 atom stereocenters. The van der Waals surface area contributed by atoms with Crippen LogP contribution < -0.4 is 11.5 Å². The van der Waals surface area contributed by atoms with Crippen molar-refractivity contribution in [1.29, 1.82) is 0 Å². The van der Waals surface area contributed by atoms with Crippen molar-refractivity contribution in [2.45, 2.75) is 25.9 Å². The van der Waals surface area contributed by atoms with Gasteiger partial charge in [-0.15, -0.1) is 0 Å². The second-order valence-corrected chi connectivity index (χ2v) is 4.18. The van der Waals surface area contributed by atoms with Crippen molar-refractivity contribution in [2.24, 2.45) is 11.5 Å². The molecule has 1 aromatic rings. The molecule has 2 unspecified atom stereocenters. The lowest BCUT2D eigenvalue weighted by molar-refractivity contribution is 0.0650. The summed E-state index contributed by atoms with van der Waals surface area (Å²) in [5, 5.41) is 18.2. The summed E-state index contributed by atoms with van der Waals surface area (Å²) in [6.07, 6.45) is 0. The Balaban J connectivity index is 3.71. The van der Waals surface area contributed by atoms with E-state index in [2.05, 4.69) is 0 Å². The van der Waals surface area contributed by atoms with Crippen LogP contribution in [-0.4, -0.2) is 22.2 Å². The van der Waals surface area contributed by atoms with Crippen molar-refractivity contribution in [3.63, 3.8) is 0 Å². The molecular weight excluding hydrogens is 236 g/mol. The summed E-state index contributed by atoms with van der Waals surface area (Å²) in [6, 6.07) is 1.72. The minimum absolute atomic E-state index is 0.275. The summed E-state index contributed by atoms with van der Waals surface area (Å²) in [5.41, 5.74) is 11.8. The summed E-state index contributed by atoms with van der Waals surface area (Å²) in [7, 11) is 0. The summed E-state index contributed by atoms with van der Waals surface area (Å²) in [6.45, 7) is 3.28. The quantitative estimate of drug-likeness (QED) is 0.636. The fraction of sp³-hybridized carbons (Fsp3) is 0.333. The molecule has 1 rings (SSSR count). The zero-order chi connectivity index (χ0) is 14.0. The molecule has 0 aliphatic heterocycles. The van der Waals surface area contributed by atoms with E-state index >= 15 is 0 Å². The van der Waals surface area contributed by atoms with Gasteiger partial charge in [-0.3, -0.25) is 0 Å². The number of hydrogen-bond acceptors (Lipinski definition) is 4. The third-order valence-electron chi connectivity index (χ3n) is 2.67. The first kappa shape index (κ1) is 14.1. The van der Waals surface area contributed by atoms with E-state index in [1.165, 1.54) is 12.1 Å². The molecule has 1 aromatic carbocycles. The summed E-state index contributed by atoms with van der Waals surface area (Å²) in [5.74, 6) is -2.62. The average Bonchev–Trinajstić information content (AvgIpc) is 2.26. The van der Waals surface area contributed by atoms with Gasteiger partial charge in [0.1, 0.15) is 0 Å². The van der Waals surface area contributed by atoms with E-state index < -0.39 is 24.0 Å². The SMILES string of the molecule is CC(N)c1ccc(C(=O)O)c(C(=O)O)c1C(C)N. The third kappa shape index (κ3) is 2.49. The van der Waals surface area contributed by atoms with E-state index in [0.29, 0.717) is 5.56 Å². The van der Waals surface area contributed by atoms with E-state index in [1.807, 2.05) is 0 Å². The molecule has 0 aromatic heterocycles. The van der Waals surface area contributed by atoms with E-state index in [4.69, 9.17) is 16.6 Å². The zero-order valence-electron chi connectivity index (χ0n) is 10.2. The van der Waals surface area contributed by atoms with Gasteiger partial charge in [-0.25, -0.2) is 9.59 Å². The van der Waals surface area contributed by atoms with Crippen LogP contribution in [0.15, 0.2) is 12.1 Å². The summed E-state index contributed by atoms with van der Waals surface area (Å²) < 4.78 is 0. The minimum Gasteiger partial charge on any atom is -0.478 e. The lowest BCUT2D eigenvalue weighted by atomic mass is 9.89. The second-order valence-electron chi connectivity index (χ2n) is 4.18. The Morgan fingerprint density at radius 1 is 1.06 bits per heavy atom. The van der Waals surface area contributed by atoms with Gasteiger partial charge in [0.05, 0.1) is 11.1 Å². The van der Waals surface area contributed by atoms with Crippen molar-refractivity contribution in [3.05, 3.63) is 34.4 Å². The van der Waals surface area contributed by atoms with Crippen molar-refractivity contribution in [1.82, 2.24) is 0 Å². The standard InChI is InChI=1S/C12H16N2O4/c1-5(13)7-3-4-8(11(15)16)10(12(17)18)9(7)6(2)14/h3-6H,13-14H2,1-2H3,(H,15,16)(H,17,18). The molecule has 6 heteroatoms. The number of rotatable bonds is 4. The Morgan fingerprint density at radius 3 is 1.94 bits per heavy atom. The lowest BCUT2D eigenvalue weighted by Gasteiger charge is -2.19. The van der Waals surface area contributed by atoms with Crippen molar-refractivity contribution < 1.29 is 19.8 Å². The molecule has 6 nitrogen and oxygen atoms in total. The highest BCUT2D eigenvalue weighted by molar-refractivity contribution is 6.03. The van der Waals surface area contributed by atoms with Gasteiger partial charge in [0, 0.05) is 12.1 Å². The van der Waals surface area contributed by atoms with Crippen LogP contribution in [0.1, 0.15) is 57.8 Å². The average molecular weight is 252 g/mol. The molecule has 0 saturated carbocycles. The van der Waals surface area contributed by atoms with Crippen molar-refractivity contribution in [3.8, 4) is 0 Å². The molecule has 6 N–H and O–H groups in total. The molecule has 0 fully saturated rings. The second kappa shape index (κ2) is 5.16. The van der Waals surface area contributed by atoms with Crippen molar-refractivity contribution >= 4 is 11.9 Å². The molecular formula is C12H16N2O4. The van der Waals surface area contributed by atoms with E-state index in [0.717, 1.165) is 0 Å². The molecule has 18 heavy (non-hydrogen) atoms. The van der Waals surface area contributed by atoms with Crippen LogP contribution in [0.4, 0.5) is 0 Å². The molecule has 0 bridgehead atoms. The van der Waals surface area contributed by atoms with Crippen LogP contribution in [0.2, 0.25) is 0 Å². The number of aromatic carboxylic acids is 2. The molecule has 0 aliphatic rings. The Bertz CT molecular complexity index is 495. The van der Waals surface area contributed by atoms with Gasteiger partial charge < -0.3 is 21.7 Å². The number of carboxylic acids is 2. The van der Waals surface area contributed by atoms with Crippen LogP contribution in [-0.2, 0) is 0 Å². The number of hydrogen-bond donors (Lipinski definition) is 4. The summed E-state index contributed by atoms with van der Waals surface area (Å²) >= 11 is 0. The highest BCUT2D eigenvalue weighted by atomic mass is 16.4. The van der Waals surface area contributed by atoms with Gasteiger partial charge in [0.2, 0.25) is 0 Å². The van der Waals surface area contributed by atoms with Gasteiger partial charge in [0.15, 0.2) is 0 Å². The van der Waals surface area contributed by atoms with Gasteiger partial charge >= 0.3 is 11.9 Å². The monoisotopic (exact) mass is 252 g/mol. The Labute approximate surface area is 104 Å². The van der Waals surface area contributed by atoms with Gasteiger partial charge in [-0.05, 0) is 31.0 Å². The van der Waals surface area contributed by atoms with Crippen LogP contribution in [0.5, 0.6) is 0 Å². The molecule has 0 aliphatic carbocycles. The maximum absolute atomic E-state index is 11.3. The van der Waals surface area contributed by atoms with E-state index in [-0.39, 0.29) is 16.7 Å². The molecule has 0 spiro atoms. The molecule has 0 saturated heterocycles. The Hall–Kier alpha value is -1.92. The fourth-order valence-corrected chi connectivity index (χ4v) is 1.93. The van der Waals surface area contributed by atoms with Crippen LogP contribution >= 0.6 is 0 Å². The lowest BCUT2D eigenvalue weighted by Crippen LogP contribution is -2.21. The third-order valence-corrected chi connectivity index (χ3v) is 2.67. The highest BCUT2D eigenvalue weighted by Gasteiger charge is 2.25. The first-order valence-electron chi connectivity index (χ1n) is 5.41. The smallest absolute Gasteiger partial charge is 0.336 e. The van der Waals surface area contributed by atoms with Crippen molar-refractivity contribution in [2.75, 3.05) is 0 Å². The minimum atomic E-state index is -1.32. The van der Waals surface area contributed by atoms with Crippen LogP contribution in [0.25, 0.3) is 0 Å². The summed E-state index contributed by atoms with van der Waals surface area (Å²) in [4.78, 5) is 22.3. The maximum atomic E-state index is 11.3. The normalized spacial score (nSPS) is 14.0. The van der Waals surface area contributed by atoms with Gasteiger partial charge in [-0.2, -0.15) is 0 Å².